The standard InChI is InChI=1S/C68H87N3O18S/c1-5-8-9-12-29-71(68-70-58-13-10-11-14-63(58)90-68)69-45-53-42-56(86-47-49-15-19-51(20-16-49)66(75)88-60-27-24-55(43-54(60)46-72)82-38-34-78-30-32-80-36-40-84-64(73)6-2)23-26-59(53)87-48-50-17-21-52(22-18-50)67(76)89-61-28-25-57(44-62(61)77-4)83-39-35-79-31-33-81-37-41-85-65(74)7-3/h6-7,10-11,13-14,23-28,42-45,49-52,72H,2-3,5,8-9,12,15-22,29-41,46-48H2,1,4H3/b69-45+. The van der Waals surface area contributed by atoms with E-state index >= 15 is 0 Å². The van der Waals surface area contributed by atoms with Crippen molar-refractivity contribution in [1.82, 2.24) is 4.98 Å². The van der Waals surface area contributed by atoms with Gasteiger partial charge in [0.15, 0.2) is 11.5 Å². The number of anilines is 1. The van der Waals surface area contributed by atoms with Gasteiger partial charge in [0, 0.05) is 35.9 Å². The van der Waals surface area contributed by atoms with Gasteiger partial charge in [-0.1, -0.05) is 62.8 Å². The van der Waals surface area contributed by atoms with Crippen molar-refractivity contribution in [3.63, 3.8) is 0 Å². The Morgan fingerprint density at radius 1 is 0.589 bits per heavy atom. The SMILES string of the molecule is C=CC(=O)OCCOCCOCCOc1ccc(OC(=O)C2CCC(COc3ccc(OCC4CCC(C(=O)Oc5ccc(OCCOCCOCCOC(=O)C=C)cc5OC)CC4)c(/C=N/N(CCCCCC)c4nc5ccccc5s4)c3)CC2)c(CO)c1. The van der Waals surface area contributed by atoms with E-state index in [4.69, 9.17) is 71.7 Å². The van der Waals surface area contributed by atoms with Gasteiger partial charge in [0.2, 0.25) is 5.13 Å². The molecule has 0 saturated heterocycles. The second-order valence-electron chi connectivity index (χ2n) is 21.6. The summed E-state index contributed by atoms with van der Waals surface area (Å²) in [6.45, 7) is 13.5. The van der Waals surface area contributed by atoms with Crippen molar-refractivity contribution in [2.75, 3.05) is 111 Å². The van der Waals surface area contributed by atoms with Crippen LogP contribution in [0.5, 0.6) is 40.2 Å². The lowest BCUT2D eigenvalue weighted by atomic mass is 9.82. The summed E-state index contributed by atoms with van der Waals surface area (Å²) in [6, 6.07) is 24.0. The normalized spacial score (nSPS) is 16.4. The summed E-state index contributed by atoms with van der Waals surface area (Å²) in [5.41, 5.74) is 2.13. The van der Waals surface area contributed by atoms with Gasteiger partial charge < -0.3 is 66.7 Å². The molecule has 5 aromatic rings. The summed E-state index contributed by atoms with van der Waals surface area (Å²) in [5, 5.41) is 18.0. The lowest BCUT2D eigenvalue weighted by Crippen LogP contribution is -2.28. The lowest BCUT2D eigenvalue weighted by molar-refractivity contribution is -0.141. The van der Waals surface area contributed by atoms with Crippen molar-refractivity contribution in [2.45, 2.75) is 90.6 Å². The van der Waals surface area contributed by atoms with Crippen molar-refractivity contribution in [2.24, 2.45) is 28.8 Å². The zero-order valence-electron chi connectivity index (χ0n) is 51.9. The van der Waals surface area contributed by atoms with E-state index in [-0.39, 0.29) is 81.9 Å². The molecule has 0 spiro atoms. The number of carbonyl (C=O) groups excluding carboxylic acids is 4. The molecule has 21 nitrogen and oxygen atoms in total. The number of rotatable bonds is 42. The molecule has 2 aliphatic carbocycles. The highest BCUT2D eigenvalue weighted by Crippen LogP contribution is 2.37. The number of thiazole rings is 1. The molecule has 0 unspecified atom stereocenters. The fraction of sp³-hybridized carbons (Fsp3) is 0.500. The molecular weight excluding hydrogens is 1180 g/mol. The second-order valence-corrected chi connectivity index (χ2v) is 22.6. The molecule has 0 radical (unpaired) electrons. The number of unbranched alkanes of at least 4 members (excludes halogenated alkanes) is 3. The molecule has 90 heavy (non-hydrogen) atoms. The fourth-order valence-corrected chi connectivity index (χ4v) is 11.0. The highest BCUT2D eigenvalue weighted by molar-refractivity contribution is 7.22. The Morgan fingerprint density at radius 3 is 1.68 bits per heavy atom. The first-order valence-corrected chi connectivity index (χ1v) is 31.9. The van der Waals surface area contributed by atoms with Gasteiger partial charge in [-0.25, -0.2) is 19.6 Å². The van der Waals surface area contributed by atoms with Crippen LogP contribution in [0.1, 0.15) is 95.1 Å². The van der Waals surface area contributed by atoms with Crippen molar-refractivity contribution < 1.29 is 85.9 Å². The Balaban J connectivity index is 0.886. The molecule has 488 valence electrons. The molecule has 2 saturated carbocycles. The van der Waals surface area contributed by atoms with Gasteiger partial charge in [0.1, 0.15) is 55.2 Å². The maximum atomic E-state index is 13.6. The molecule has 1 aromatic heterocycles. The summed E-state index contributed by atoms with van der Waals surface area (Å²) in [4.78, 5) is 54.2. The van der Waals surface area contributed by atoms with Gasteiger partial charge in [-0.2, -0.15) is 5.10 Å². The number of fused-ring (bicyclic) bond motifs is 1. The molecule has 0 amide bonds. The number of para-hydroxylation sites is 1. The van der Waals surface area contributed by atoms with Gasteiger partial charge >= 0.3 is 23.9 Å². The molecule has 0 atom stereocenters. The van der Waals surface area contributed by atoms with E-state index in [2.05, 4.69) is 26.1 Å². The molecule has 4 aromatic carbocycles. The van der Waals surface area contributed by atoms with Crippen LogP contribution in [0.15, 0.2) is 109 Å². The van der Waals surface area contributed by atoms with Crippen LogP contribution in [-0.2, 0) is 54.2 Å². The maximum absolute atomic E-state index is 13.6. The van der Waals surface area contributed by atoms with Crippen LogP contribution in [0.3, 0.4) is 0 Å². The minimum absolute atomic E-state index is 0.136. The van der Waals surface area contributed by atoms with Crippen LogP contribution >= 0.6 is 11.3 Å². The van der Waals surface area contributed by atoms with Crippen molar-refractivity contribution in [1.29, 1.82) is 0 Å². The smallest absolute Gasteiger partial charge is 0.330 e. The van der Waals surface area contributed by atoms with Gasteiger partial charge in [-0.3, -0.25) is 9.59 Å². The van der Waals surface area contributed by atoms with Gasteiger partial charge in [-0.05, 0) is 130 Å². The van der Waals surface area contributed by atoms with Crippen LogP contribution in [0, 0.1) is 23.7 Å². The van der Waals surface area contributed by atoms with E-state index in [0.717, 1.165) is 84.4 Å². The maximum Gasteiger partial charge on any atom is 0.330 e. The van der Waals surface area contributed by atoms with E-state index in [1.807, 2.05) is 47.6 Å². The Bertz CT molecular complexity index is 3010. The minimum Gasteiger partial charge on any atom is -0.493 e. The van der Waals surface area contributed by atoms with Crippen LogP contribution < -0.4 is 38.2 Å². The highest BCUT2D eigenvalue weighted by atomic mass is 32.1. The monoisotopic (exact) mass is 1270 g/mol. The predicted octanol–water partition coefficient (Wildman–Crippen LogP) is 11.1. The first-order valence-electron chi connectivity index (χ1n) is 31.1. The zero-order chi connectivity index (χ0) is 63.6. The molecular formula is C68H87N3O18S. The lowest BCUT2D eigenvalue weighted by Gasteiger charge is -2.28. The molecule has 2 aliphatic rings. The number of hydrazone groups is 1. The van der Waals surface area contributed by atoms with Gasteiger partial charge in [0.05, 0.1) is 108 Å². The molecule has 0 aliphatic heterocycles. The van der Waals surface area contributed by atoms with Gasteiger partial charge in [0.25, 0.3) is 0 Å². The topological polar surface area (TPSA) is 237 Å². The molecule has 1 N–H and O–H groups in total. The average molecular weight is 1270 g/mol. The summed E-state index contributed by atoms with van der Waals surface area (Å²) in [7, 11) is 1.51. The van der Waals surface area contributed by atoms with E-state index in [9.17, 15) is 24.3 Å². The largest absolute Gasteiger partial charge is 0.493 e. The summed E-state index contributed by atoms with van der Waals surface area (Å²) >= 11 is 1.61. The number of nitrogens with zero attached hydrogens (tertiary/aromatic N) is 3. The average Bonchev–Trinajstić information content (AvgIpc) is 1.87. The molecule has 7 rings (SSSR count). The summed E-state index contributed by atoms with van der Waals surface area (Å²) in [6.07, 6.45) is 14.0. The van der Waals surface area contributed by atoms with E-state index in [1.165, 1.54) is 7.11 Å². The number of benzene rings is 4. The van der Waals surface area contributed by atoms with Crippen LogP contribution in [-0.4, -0.2) is 146 Å². The molecule has 1 heterocycles. The zero-order valence-corrected chi connectivity index (χ0v) is 52.7. The van der Waals surface area contributed by atoms with E-state index in [1.54, 1.807) is 47.7 Å². The molecule has 22 heteroatoms. The number of aliphatic hydroxyl groups excluding tert-OH is 1. The first-order chi connectivity index (χ1) is 44.0. The summed E-state index contributed by atoms with van der Waals surface area (Å²) < 4.78 is 74.8. The number of aromatic nitrogens is 1. The van der Waals surface area contributed by atoms with Crippen molar-refractivity contribution in [3.8, 4) is 40.2 Å². The third-order valence-corrected chi connectivity index (χ3v) is 16.2. The predicted molar refractivity (Wildman–Crippen MR) is 340 cm³/mol. The van der Waals surface area contributed by atoms with Crippen LogP contribution in [0.2, 0.25) is 0 Å². The third-order valence-electron chi connectivity index (χ3n) is 15.1. The van der Waals surface area contributed by atoms with Crippen molar-refractivity contribution >= 4 is 56.8 Å². The highest BCUT2D eigenvalue weighted by Gasteiger charge is 2.31. The van der Waals surface area contributed by atoms with E-state index in [0.29, 0.717) is 131 Å². The number of hydrogen-bond donors (Lipinski definition) is 1. The number of hydrogen-bond acceptors (Lipinski definition) is 22. The van der Waals surface area contributed by atoms with E-state index < -0.39 is 11.9 Å². The molecule has 2 fully saturated rings. The Labute approximate surface area is 531 Å². The van der Waals surface area contributed by atoms with Crippen molar-refractivity contribution in [3.05, 3.63) is 115 Å². The number of ether oxygens (including phenoxy) is 13. The van der Waals surface area contributed by atoms with Crippen LogP contribution in [0.25, 0.3) is 10.2 Å². The first kappa shape index (κ1) is 69.9. The number of aliphatic hydroxyl groups is 1. The Kier molecular flexibility index (Phi) is 30.7. The second kappa shape index (κ2) is 39.5. The Morgan fingerprint density at radius 2 is 1.11 bits per heavy atom. The van der Waals surface area contributed by atoms with Crippen LogP contribution in [0.4, 0.5) is 5.13 Å². The molecule has 0 bridgehead atoms. The Hall–Kier alpha value is -7.60. The number of esters is 4. The quantitative estimate of drug-likeness (QED) is 0.00954. The number of carbonyl (C=O) groups is 4. The third kappa shape index (κ3) is 24.0. The minimum atomic E-state index is -0.499. The van der Waals surface area contributed by atoms with Gasteiger partial charge in [-0.15, -0.1) is 0 Å². The fourth-order valence-electron chi connectivity index (χ4n) is 10.1. The summed E-state index contributed by atoms with van der Waals surface area (Å²) in [5.74, 6) is 1.59. The number of methoxy groups -OCH3 is 1.